The molecule has 2 rings (SSSR count). The molecule has 0 amide bonds. The maximum Gasteiger partial charge on any atom is 0.183 e. The van der Waals surface area contributed by atoms with Gasteiger partial charge in [-0.15, -0.1) is 0 Å². The lowest BCUT2D eigenvalue weighted by Gasteiger charge is -2.09. The summed E-state index contributed by atoms with van der Waals surface area (Å²) in [7, 11) is 0. The van der Waals surface area contributed by atoms with Gasteiger partial charge in [0.25, 0.3) is 0 Å². The molecule has 0 spiro atoms. The van der Waals surface area contributed by atoms with Crippen LogP contribution in [-0.4, -0.2) is 0 Å². The Morgan fingerprint density at radius 1 is 1.00 bits per heavy atom. The Morgan fingerprint density at radius 2 is 1.68 bits per heavy atom. The standard InChI is InChI=1S/C13H6BrF3N2/c14-8-2-4-10(9(15)5-8)19-11-3-1-7(6-18)12(16)13(11)17/h1-5,19H. The maximum atomic E-state index is 13.6. The molecule has 0 bridgehead atoms. The van der Waals surface area contributed by atoms with Gasteiger partial charge in [-0.05, 0) is 30.3 Å². The van der Waals surface area contributed by atoms with Gasteiger partial charge >= 0.3 is 0 Å². The Hall–Kier alpha value is -2.00. The van der Waals surface area contributed by atoms with Crippen LogP contribution in [0.1, 0.15) is 5.56 Å². The number of halogens is 4. The van der Waals surface area contributed by atoms with Crippen LogP contribution in [0.3, 0.4) is 0 Å². The first-order chi connectivity index (χ1) is 9.02. The number of benzene rings is 2. The van der Waals surface area contributed by atoms with Crippen LogP contribution in [0, 0.1) is 28.8 Å². The van der Waals surface area contributed by atoms with E-state index in [9.17, 15) is 13.2 Å². The van der Waals surface area contributed by atoms with Crippen molar-refractivity contribution in [1.82, 2.24) is 0 Å². The molecule has 1 N–H and O–H groups in total. The lowest BCUT2D eigenvalue weighted by atomic mass is 10.2. The molecular weight excluding hydrogens is 321 g/mol. The van der Waals surface area contributed by atoms with Crippen molar-refractivity contribution >= 4 is 27.3 Å². The van der Waals surface area contributed by atoms with E-state index in [1.165, 1.54) is 24.3 Å². The van der Waals surface area contributed by atoms with Gasteiger partial charge in [0, 0.05) is 4.47 Å². The molecule has 6 heteroatoms. The fourth-order valence-corrected chi connectivity index (χ4v) is 1.80. The largest absolute Gasteiger partial charge is 0.351 e. The number of hydrogen-bond acceptors (Lipinski definition) is 2. The van der Waals surface area contributed by atoms with E-state index in [2.05, 4.69) is 21.2 Å². The highest BCUT2D eigenvalue weighted by Gasteiger charge is 2.14. The summed E-state index contributed by atoms with van der Waals surface area (Å²) < 4.78 is 41.1. The second-order valence-electron chi connectivity index (χ2n) is 3.65. The second kappa shape index (κ2) is 5.33. The first-order valence-corrected chi connectivity index (χ1v) is 5.92. The van der Waals surface area contributed by atoms with Crippen molar-refractivity contribution in [3.63, 3.8) is 0 Å². The maximum absolute atomic E-state index is 13.6. The molecule has 0 saturated carbocycles. The molecule has 0 aliphatic rings. The molecule has 0 heterocycles. The number of nitrogens with one attached hydrogen (secondary N) is 1. The van der Waals surface area contributed by atoms with Gasteiger partial charge in [-0.1, -0.05) is 15.9 Å². The smallest absolute Gasteiger partial charge is 0.183 e. The zero-order chi connectivity index (χ0) is 14.0. The number of nitrogens with zero attached hydrogens (tertiary/aromatic N) is 1. The second-order valence-corrected chi connectivity index (χ2v) is 4.57. The van der Waals surface area contributed by atoms with Crippen molar-refractivity contribution in [1.29, 1.82) is 5.26 Å². The summed E-state index contributed by atoms with van der Waals surface area (Å²) >= 11 is 3.09. The van der Waals surface area contributed by atoms with Crippen LogP contribution in [0.5, 0.6) is 0 Å². The Balaban J connectivity index is 2.39. The number of nitriles is 1. The van der Waals surface area contributed by atoms with E-state index in [0.717, 1.165) is 6.07 Å². The highest BCUT2D eigenvalue weighted by Crippen LogP contribution is 2.26. The molecule has 0 aliphatic carbocycles. The molecule has 2 nitrogen and oxygen atoms in total. The summed E-state index contributed by atoms with van der Waals surface area (Å²) in [6.45, 7) is 0. The quantitative estimate of drug-likeness (QED) is 0.883. The number of anilines is 2. The summed E-state index contributed by atoms with van der Waals surface area (Å²) in [6, 6.07) is 7.96. The molecule has 2 aromatic carbocycles. The van der Waals surface area contributed by atoms with Gasteiger partial charge in [0.1, 0.15) is 11.9 Å². The molecular formula is C13H6BrF3N2. The van der Waals surface area contributed by atoms with Gasteiger partial charge < -0.3 is 5.32 Å². The van der Waals surface area contributed by atoms with Gasteiger partial charge in [0.15, 0.2) is 11.6 Å². The van der Waals surface area contributed by atoms with Crippen LogP contribution in [0.25, 0.3) is 0 Å². The molecule has 0 aromatic heterocycles. The summed E-state index contributed by atoms with van der Waals surface area (Å²) in [5.41, 5.74) is -0.636. The zero-order valence-electron chi connectivity index (χ0n) is 9.35. The van der Waals surface area contributed by atoms with E-state index < -0.39 is 23.0 Å². The molecule has 0 atom stereocenters. The Bertz CT molecular complexity index is 680. The molecule has 0 aliphatic heterocycles. The molecule has 19 heavy (non-hydrogen) atoms. The predicted molar refractivity (Wildman–Crippen MR) is 68.5 cm³/mol. The zero-order valence-corrected chi connectivity index (χ0v) is 10.9. The Labute approximate surface area is 115 Å². The fourth-order valence-electron chi connectivity index (χ4n) is 1.47. The number of rotatable bonds is 2. The van der Waals surface area contributed by atoms with Crippen molar-refractivity contribution in [3.05, 3.63) is 57.8 Å². The third-order valence-corrected chi connectivity index (χ3v) is 2.90. The van der Waals surface area contributed by atoms with Crippen LogP contribution in [-0.2, 0) is 0 Å². The monoisotopic (exact) mass is 326 g/mol. The summed E-state index contributed by atoms with van der Waals surface area (Å²) in [5, 5.41) is 11.0. The van der Waals surface area contributed by atoms with E-state index in [-0.39, 0.29) is 11.4 Å². The Kier molecular flexibility index (Phi) is 3.76. The van der Waals surface area contributed by atoms with Crippen molar-refractivity contribution in [2.75, 3.05) is 5.32 Å². The molecule has 0 fully saturated rings. The van der Waals surface area contributed by atoms with Gasteiger partial charge in [-0.2, -0.15) is 5.26 Å². The number of hydrogen-bond donors (Lipinski definition) is 1. The summed E-state index contributed by atoms with van der Waals surface area (Å²) in [6.07, 6.45) is 0. The highest BCUT2D eigenvalue weighted by molar-refractivity contribution is 9.10. The van der Waals surface area contributed by atoms with Crippen molar-refractivity contribution in [3.8, 4) is 6.07 Å². The molecule has 2 aromatic rings. The third kappa shape index (κ3) is 2.71. The minimum absolute atomic E-state index is 0.00575. The van der Waals surface area contributed by atoms with Crippen molar-refractivity contribution in [2.24, 2.45) is 0 Å². The average molecular weight is 327 g/mol. The normalized spacial score (nSPS) is 10.1. The lowest BCUT2D eigenvalue weighted by molar-refractivity contribution is 0.509. The highest BCUT2D eigenvalue weighted by atomic mass is 79.9. The van der Waals surface area contributed by atoms with E-state index in [4.69, 9.17) is 5.26 Å². The lowest BCUT2D eigenvalue weighted by Crippen LogP contribution is -2.00. The van der Waals surface area contributed by atoms with Crippen molar-refractivity contribution in [2.45, 2.75) is 0 Å². The molecule has 0 unspecified atom stereocenters. The van der Waals surface area contributed by atoms with Gasteiger partial charge in [-0.3, -0.25) is 0 Å². The molecule has 0 saturated heterocycles. The summed E-state index contributed by atoms with van der Waals surface area (Å²) in [5.74, 6) is -3.09. The molecule has 0 radical (unpaired) electrons. The van der Waals surface area contributed by atoms with E-state index in [1.54, 1.807) is 6.07 Å². The van der Waals surface area contributed by atoms with Gasteiger partial charge in [0.2, 0.25) is 0 Å². The van der Waals surface area contributed by atoms with Crippen molar-refractivity contribution < 1.29 is 13.2 Å². The third-order valence-electron chi connectivity index (χ3n) is 2.40. The average Bonchev–Trinajstić information content (AvgIpc) is 2.38. The summed E-state index contributed by atoms with van der Waals surface area (Å²) in [4.78, 5) is 0. The van der Waals surface area contributed by atoms with Gasteiger partial charge in [-0.25, -0.2) is 13.2 Å². The van der Waals surface area contributed by atoms with E-state index >= 15 is 0 Å². The minimum atomic E-state index is -1.26. The van der Waals surface area contributed by atoms with Crippen LogP contribution >= 0.6 is 15.9 Å². The van der Waals surface area contributed by atoms with Crippen LogP contribution in [0.2, 0.25) is 0 Å². The fraction of sp³-hybridized carbons (Fsp3) is 0. The van der Waals surface area contributed by atoms with E-state index in [1.807, 2.05) is 0 Å². The molecule has 96 valence electrons. The van der Waals surface area contributed by atoms with Crippen LogP contribution in [0.4, 0.5) is 24.5 Å². The van der Waals surface area contributed by atoms with E-state index in [0.29, 0.717) is 4.47 Å². The topological polar surface area (TPSA) is 35.8 Å². The first kappa shape index (κ1) is 13.4. The van der Waals surface area contributed by atoms with Gasteiger partial charge in [0.05, 0.1) is 16.9 Å². The van der Waals surface area contributed by atoms with Crippen LogP contribution < -0.4 is 5.32 Å². The first-order valence-electron chi connectivity index (χ1n) is 5.13. The predicted octanol–water partition coefficient (Wildman–Crippen LogP) is 4.48. The Morgan fingerprint density at radius 3 is 2.32 bits per heavy atom. The van der Waals surface area contributed by atoms with Crippen LogP contribution in [0.15, 0.2) is 34.8 Å². The minimum Gasteiger partial charge on any atom is -0.351 e. The SMILES string of the molecule is N#Cc1ccc(Nc2ccc(Br)cc2F)c(F)c1F.